The standard InChI is InChI=1S/C48H34S2Si/c1-3-17-35(18-4-1)51(36-19-5-2-6-20-36,37-21-11-15-33(31-37)39-25-13-27-43-41-23-7-9-29-45(41)49-47(39)43)38-22-12-16-34(32-38)40-26-14-28-44-42-24-8-10-30-46(42)50-48(40)44/h1-9,11-29,31-32H,10,30H2. The number of fused-ring (bicyclic) bond motifs is 6. The Labute approximate surface area is 307 Å². The lowest BCUT2D eigenvalue weighted by Crippen LogP contribution is -2.74. The van der Waals surface area contributed by atoms with E-state index in [-0.39, 0.29) is 0 Å². The van der Waals surface area contributed by atoms with Crippen LogP contribution in [-0.4, -0.2) is 8.07 Å². The summed E-state index contributed by atoms with van der Waals surface area (Å²) in [5.41, 5.74) is 6.61. The van der Waals surface area contributed by atoms with E-state index in [9.17, 15) is 0 Å². The zero-order valence-corrected chi connectivity index (χ0v) is 30.7. The van der Waals surface area contributed by atoms with Gasteiger partial charge in [-0.2, -0.15) is 0 Å². The molecule has 1 aliphatic rings. The molecule has 0 N–H and O–H groups in total. The van der Waals surface area contributed by atoms with E-state index in [1.54, 1.807) is 0 Å². The lowest BCUT2D eigenvalue weighted by Gasteiger charge is -2.35. The van der Waals surface area contributed by atoms with Crippen LogP contribution in [0.15, 0.2) is 176 Å². The second-order valence-electron chi connectivity index (χ2n) is 13.5. The molecule has 0 fully saturated rings. The summed E-state index contributed by atoms with van der Waals surface area (Å²) in [4.78, 5) is 1.51. The van der Waals surface area contributed by atoms with Gasteiger partial charge in [0.05, 0.1) is 0 Å². The third-order valence-corrected chi connectivity index (χ3v) is 18.0. The zero-order chi connectivity index (χ0) is 33.8. The van der Waals surface area contributed by atoms with Gasteiger partial charge >= 0.3 is 0 Å². The molecule has 2 heterocycles. The van der Waals surface area contributed by atoms with Gasteiger partial charge in [0.2, 0.25) is 0 Å². The van der Waals surface area contributed by atoms with Crippen molar-refractivity contribution in [3.05, 3.63) is 186 Å². The van der Waals surface area contributed by atoms with Gasteiger partial charge in [-0.1, -0.05) is 176 Å². The summed E-state index contributed by atoms with van der Waals surface area (Å²) in [7, 11) is -2.81. The average Bonchev–Trinajstić information content (AvgIpc) is 3.78. The van der Waals surface area contributed by atoms with Crippen molar-refractivity contribution >= 4 is 87.8 Å². The summed E-state index contributed by atoms with van der Waals surface area (Å²) < 4.78 is 4.09. The highest BCUT2D eigenvalue weighted by Gasteiger charge is 2.41. The van der Waals surface area contributed by atoms with Gasteiger partial charge in [-0.05, 0) is 67.5 Å². The summed E-state index contributed by atoms with van der Waals surface area (Å²) in [5, 5.41) is 9.62. The van der Waals surface area contributed by atoms with E-state index >= 15 is 0 Å². The molecule has 3 heteroatoms. The quantitative estimate of drug-likeness (QED) is 0.120. The average molecular weight is 703 g/mol. The first kappa shape index (κ1) is 30.5. The summed E-state index contributed by atoms with van der Waals surface area (Å²) >= 11 is 3.89. The molecule has 0 spiro atoms. The van der Waals surface area contributed by atoms with Gasteiger partial charge < -0.3 is 0 Å². The molecule has 0 unspecified atom stereocenters. The Morgan fingerprint density at radius 2 is 0.961 bits per heavy atom. The van der Waals surface area contributed by atoms with Crippen LogP contribution in [-0.2, 0) is 6.42 Å². The second kappa shape index (κ2) is 12.5. The third kappa shape index (κ3) is 4.91. The lowest BCUT2D eigenvalue weighted by atomic mass is 9.99. The second-order valence-corrected chi connectivity index (χ2v) is 19.5. The van der Waals surface area contributed by atoms with Gasteiger partial charge in [0.25, 0.3) is 0 Å². The van der Waals surface area contributed by atoms with E-state index in [4.69, 9.17) is 0 Å². The van der Waals surface area contributed by atoms with Crippen molar-refractivity contribution in [3.8, 4) is 22.3 Å². The number of aryl methyl sites for hydroxylation is 1. The Morgan fingerprint density at radius 3 is 1.63 bits per heavy atom. The van der Waals surface area contributed by atoms with Gasteiger partial charge in [-0.25, -0.2) is 0 Å². The fourth-order valence-electron chi connectivity index (χ4n) is 8.39. The monoisotopic (exact) mass is 702 g/mol. The van der Waals surface area contributed by atoms with Crippen molar-refractivity contribution in [2.24, 2.45) is 0 Å². The highest BCUT2D eigenvalue weighted by atomic mass is 32.1. The number of hydrogen-bond acceptors (Lipinski definition) is 2. The molecule has 0 bridgehead atoms. The third-order valence-electron chi connectivity index (χ3n) is 10.7. The molecule has 0 atom stereocenters. The Morgan fingerprint density at radius 1 is 0.431 bits per heavy atom. The minimum absolute atomic E-state index is 1.13. The molecule has 51 heavy (non-hydrogen) atoms. The molecule has 2 aromatic heterocycles. The van der Waals surface area contributed by atoms with Gasteiger partial charge in [-0.15, -0.1) is 22.7 Å². The molecule has 0 amide bonds. The Bertz CT molecular complexity index is 2710. The van der Waals surface area contributed by atoms with Gasteiger partial charge in [0.1, 0.15) is 0 Å². The SMILES string of the molecule is C1=Cc2c(sc3c(-c4cccc([Si](c5ccccc5)(c5ccccc5)c5cccc(-c6cccc7c6sc6ccccc67)c5)c4)cccc23)CC1. The van der Waals surface area contributed by atoms with Crippen LogP contribution in [0.3, 0.4) is 0 Å². The first-order valence-corrected chi connectivity index (χ1v) is 21.4. The molecule has 1 aliphatic carbocycles. The maximum atomic E-state index is 2.52. The van der Waals surface area contributed by atoms with Crippen LogP contribution in [0.5, 0.6) is 0 Å². The van der Waals surface area contributed by atoms with Crippen LogP contribution in [0.2, 0.25) is 0 Å². The number of hydrogen-bond donors (Lipinski definition) is 0. The van der Waals surface area contributed by atoms with Crippen molar-refractivity contribution in [1.82, 2.24) is 0 Å². The first-order chi connectivity index (χ1) is 25.3. The zero-order valence-electron chi connectivity index (χ0n) is 28.1. The van der Waals surface area contributed by atoms with Crippen LogP contribution >= 0.6 is 22.7 Å². The van der Waals surface area contributed by atoms with E-state index in [1.165, 1.54) is 83.7 Å². The van der Waals surface area contributed by atoms with Crippen molar-refractivity contribution in [2.45, 2.75) is 12.8 Å². The maximum absolute atomic E-state index is 2.81. The molecule has 242 valence electrons. The summed E-state index contributed by atoms with van der Waals surface area (Å²) in [6, 6.07) is 64.2. The molecule has 0 aliphatic heterocycles. The lowest BCUT2D eigenvalue weighted by molar-refractivity contribution is 1.02. The van der Waals surface area contributed by atoms with Gasteiger partial charge in [0.15, 0.2) is 8.07 Å². The summed E-state index contributed by atoms with van der Waals surface area (Å²) in [6.07, 6.45) is 6.93. The Kier molecular flexibility index (Phi) is 7.46. The van der Waals surface area contributed by atoms with E-state index in [0.29, 0.717) is 0 Å². The summed E-state index contributed by atoms with van der Waals surface area (Å²) in [5.74, 6) is 0. The van der Waals surface area contributed by atoms with Crippen LogP contribution in [0.25, 0.3) is 58.6 Å². The normalized spacial score (nSPS) is 12.9. The van der Waals surface area contributed by atoms with Crippen LogP contribution in [0.1, 0.15) is 16.9 Å². The number of rotatable bonds is 6. The predicted octanol–water partition coefficient (Wildman–Crippen LogP) is 10.9. The number of thiophene rings is 2. The van der Waals surface area contributed by atoms with E-state index < -0.39 is 8.07 Å². The smallest absolute Gasteiger partial charge is 0.139 e. The fourth-order valence-corrected chi connectivity index (χ4v) is 15.8. The summed E-state index contributed by atoms with van der Waals surface area (Å²) in [6.45, 7) is 0. The van der Waals surface area contributed by atoms with Crippen molar-refractivity contribution in [3.63, 3.8) is 0 Å². The largest absolute Gasteiger partial charge is 0.179 e. The van der Waals surface area contributed by atoms with Gasteiger partial charge in [0, 0.05) is 35.1 Å². The maximum Gasteiger partial charge on any atom is 0.179 e. The molecule has 0 saturated carbocycles. The number of benzene rings is 7. The van der Waals surface area contributed by atoms with E-state index in [1.807, 2.05) is 22.7 Å². The molecular formula is C48H34S2Si. The molecule has 10 rings (SSSR count). The molecule has 0 saturated heterocycles. The van der Waals surface area contributed by atoms with Crippen molar-refractivity contribution < 1.29 is 0 Å². The Balaban J connectivity index is 1.23. The molecule has 9 aromatic rings. The van der Waals surface area contributed by atoms with Crippen LogP contribution in [0, 0.1) is 0 Å². The number of allylic oxidation sites excluding steroid dienone is 1. The van der Waals surface area contributed by atoms with Gasteiger partial charge in [-0.3, -0.25) is 0 Å². The van der Waals surface area contributed by atoms with E-state index in [2.05, 4.69) is 182 Å². The predicted molar refractivity (Wildman–Crippen MR) is 227 cm³/mol. The molecule has 7 aromatic carbocycles. The minimum atomic E-state index is -2.81. The topological polar surface area (TPSA) is 0 Å². The molecule has 0 radical (unpaired) electrons. The molecular weight excluding hydrogens is 669 g/mol. The van der Waals surface area contributed by atoms with Crippen molar-refractivity contribution in [2.75, 3.05) is 0 Å². The van der Waals surface area contributed by atoms with E-state index in [0.717, 1.165) is 12.8 Å². The van der Waals surface area contributed by atoms with Crippen LogP contribution < -0.4 is 20.7 Å². The highest BCUT2D eigenvalue weighted by molar-refractivity contribution is 7.26. The van der Waals surface area contributed by atoms with Crippen molar-refractivity contribution in [1.29, 1.82) is 0 Å². The van der Waals surface area contributed by atoms with Crippen LogP contribution in [0.4, 0.5) is 0 Å². The minimum Gasteiger partial charge on any atom is -0.139 e. The fraction of sp³-hybridized carbons (Fsp3) is 0.0417. The molecule has 0 nitrogen and oxygen atoms in total. The Hall–Kier alpha value is -5.32. The highest BCUT2D eigenvalue weighted by Crippen LogP contribution is 2.42. The first-order valence-electron chi connectivity index (χ1n) is 17.7.